The molecule has 0 atom stereocenters. The van der Waals surface area contributed by atoms with Gasteiger partial charge in [-0.1, -0.05) is 119 Å². The van der Waals surface area contributed by atoms with Crippen LogP contribution in [0.15, 0.2) is 97.1 Å². The Balaban J connectivity index is 0.000000221. The third-order valence-corrected chi connectivity index (χ3v) is 13.7. The summed E-state index contributed by atoms with van der Waals surface area (Å²) in [6, 6.07) is 34.8. The van der Waals surface area contributed by atoms with Gasteiger partial charge in [-0.2, -0.15) is 0 Å². The monoisotopic (exact) mass is 598 g/mol. The Kier molecular flexibility index (Phi) is 14.6. The molecule has 4 aromatic rings. The van der Waals surface area contributed by atoms with E-state index in [1.165, 1.54) is 44.5 Å². The lowest BCUT2D eigenvalue weighted by Crippen LogP contribution is -2.53. The Hall–Kier alpha value is -2.81. The van der Waals surface area contributed by atoms with E-state index in [4.69, 9.17) is 4.12 Å². The second-order valence-corrected chi connectivity index (χ2v) is 21.1. The standard InChI is InChI=1S/C15H16.C14H14.C8H24N2OSi2/c1-12-3-7-14(8-4-12)11-15-9-5-13(2)6-10-15;1-11-3-7-13(8-4-11)14-9-5-12(2)6-10-14;1-9-7-12(3,4)11-13(5,6)8-10-2/h3-10H,11H2,1-2H3;3-10H,1-2H3;9-10H,7-8H2,1-6H3. The van der Waals surface area contributed by atoms with E-state index in [1.54, 1.807) is 0 Å². The Morgan fingerprint density at radius 3 is 0.976 bits per heavy atom. The van der Waals surface area contributed by atoms with Crippen LogP contribution >= 0.6 is 0 Å². The van der Waals surface area contributed by atoms with Crippen molar-refractivity contribution < 1.29 is 4.12 Å². The highest BCUT2D eigenvalue weighted by Crippen LogP contribution is 2.20. The largest absolute Gasteiger partial charge is 0.454 e. The number of benzene rings is 4. The van der Waals surface area contributed by atoms with Gasteiger partial charge in [0.15, 0.2) is 16.6 Å². The van der Waals surface area contributed by atoms with Crippen LogP contribution in [-0.2, 0) is 10.5 Å². The molecule has 0 aliphatic carbocycles. The predicted octanol–water partition coefficient (Wildman–Crippen LogP) is 8.80. The van der Waals surface area contributed by atoms with E-state index in [9.17, 15) is 0 Å². The molecule has 0 aromatic heterocycles. The van der Waals surface area contributed by atoms with E-state index in [0.717, 1.165) is 18.8 Å². The molecule has 0 saturated heterocycles. The third-order valence-electron chi connectivity index (χ3n) is 6.84. The summed E-state index contributed by atoms with van der Waals surface area (Å²) >= 11 is 0. The lowest BCUT2D eigenvalue weighted by atomic mass is 10.0. The zero-order valence-corrected chi connectivity index (χ0v) is 29.8. The highest BCUT2D eigenvalue weighted by molar-refractivity contribution is 6.85. The summed E-state index contributed by atoms with van der Waals surface area (Å²) in [7, 11) is 1.05. The predicted molar refractivity (Wildman–Crippen MR) is 190 cm³/mol. The first kappa shape index (κ1) is 35.4. The van der Waals surface area contributed by atoms with Crippen LogP contribution in [-0.4, -0.2) is 43.1 Å². The first-order valence-electron chi connectivity index (χ1n) is 15.1. The number of rotatable bonds is 9. The van der Waals surface area contributed by atoms with Gasteiger partial charge in [-0.15, -0.1) is 0 Å². The zero-order valence-electron chi connectivity index (χ0n) is 27.8. The molecule has 0 bridgehead atoms. The first-order valence-corrected chi connectivity index (χ1v) is 21.3. The molecule has 226 valence electrons. The highest BCUT2D eigenvalue weighted by atomic mass is 28.4. The molecule has 0 aliphatic heterocycles. The number of aryl methyl sites for hydroxylation is 4. The van der Waals surface area contributed by atoms with Crippen molar-refractivity contribution in [1.82, 2.24) is 10.6 Å². The lowest BCUT2D eigenvalue weighted by Gasteiger charge is -2.33. The van der Waals surface area contributed by atoms with Gasteiger partial charge < -0.3 is 14.7 Å². The molecule has 0 spiro atoms. The number of hydrogen-bond donors (Lipinski definition) is 2. The maximum absolute atomic E-state index is 6.26. The minimum Gasteiger partial charge on any atom is -0.454 e. The average Bonchev–Trinajstić information content (AvgIpc) is 2.92. The van der Waals surface area contributed by atoms with Crippen LogP contribution in [0.4, 0.5) is 0 Å². The molecule has 0 amide bonds. The van der Waals surface area contributed by atoms with Gasteiger partial charge in [0.25, 0.3) is 0 Å². The Morgan fingerprint density at radius 2 is 0.714 bits per heavy atom. The molecule has 3 nitrogen and oxygen atoms in total. The van der Waals surface area contributed by atoms with Crippen LogP contribution in [0.25, 0.3) is 11.1 Å². The van der Waals surface area contributed by atoms with Crippen molar-refractivity contribution in [2.45, 2.75) is 60.3 Å². The molecular formula is C37H54N2OSi2. The van der Waals surface area contributed by atoms with Gasteiger partial charge in [0.2, 0.25) is 0 Å². The fraction of sp³-hybridized carbons (Fsp3) is 0.351. The van der Waals surface area contributed by atoms with Gasteiger partial charge in [0.05, 0.1) is 0 Å². The van der Waals surface area contributed by atoms with Crippen LogP contribution in [0.3, 0.4) is 0 Å². The minimum atomic E-state index is -1.47. The zero-order chi connectivity index (χ0) is 31.2. The van der Waals surface area contributed by atoms with Crippen molar-refractivity contribution in [2.75, 3.05) is 26.4 Å². The van der Waals surface area contributed by atoms with Crippen molar-refractivity contribution in [3.63, 3.8) is 0 Å². The van der Waals surface area contributed by atoms with Gasteiger partial charge in [-0.05, 0) is 96.7 Å². The highest BCUT2D eigenvalue weighted by Gasteiger charge is 2.31. The fourth-order valence-electron chi connectivity index (χ4n) is 4.81. The van der Waals surface area contributed by atoms with Gasteiger partial charge in [0.1, 0.15) is 0 Å². The summed E-state index contributed by atoms with van der Waals surface area (Å²) in [6.07, 6.45) is 3.10. The number of hydrogen-bond acceptors (Lipinski definition) is 3. The minimum absolute atomic E-state index is 1.03. The second-order valence-electron chi connectivity index (χ2n) is 12.6. The van der Waals surface area contributed by atoms with Crippen LogP contribution in [0.1, 0.15) is 33.4 Å². The molecule has 0 saturated carbocycles. The Labute approximate surface area is 259 Å². The maximum atomic E-state index is 6.26. The summed E-state index contributed by atoms with van der Waals surface area (Å²) in [5, 5.41) is 6.42. The summed E-state index contributed by atoms with van der Waals surface area (Å²) in [5.41, 5.74) is 10.6. The smallest absolute Gasteiger partial charge is 0.187 e. The first-order chi connectivity index (χ1) is 19.8. The van der Waals surface area contributed by atoms with Crippen LogP contribution < -0.4 is 10.6 Å². The van der Waals surface area contributed by atoms with Gasteiger partial charge >= 0.3 is 0 Å². The van der Waals surface area contributed by atoms with Crippen LogP contribution in [0.2, 0.25) is 26.2 Å². The summed E-state index contributed by atoms with van der Waals surface area (Å²) in [4.78, 5) is 0. The molecule has 0 unspecified atom stereocenters. The molecule has 4 aromatic carbocycles. The lowest BCUT2D eigenvalue weighted by molar-refractivity contribution is 0.528. The number of nitrogens with one attached hydrogen (secondary N) is 2. The SMILES string of the molecule is CNC[Si](C)(C)O[Si](C)(C)CNC.Cc1ccc(-c2ccc(C)cc2)cc1.Cc1ccc(Cc2ccc(C)cc2)cc1. The van der Waals surface area contributed by atoms with Crippen molar-refractivity contribution in [3.8, 4) is 11.1 Å². The molecule has 2 N–H and O–H groups in total. The van der Waals surface area contributed by atoms with Gasteiger partial charge in [-0.3, -0.25) is 0 Å². The molecule has 0 heterocycles. The molecule has 0 radical (unpaired) electrons. The van der Waals surface area contributed by atoms with E-state index in [1.807, 2.05) is 14.1 Å². The Bertz CT molecular complexity index is 1200. The normalized spacial score (nSPS) is 11.2. The van der Waals surface area contributed by atoms with Gasteiger partial charge in [-0.25, -0.2) is 0 Å². The van der Waals surface area contributed by atoms with Crippen molar-refractivity contribution in [1.29, 1.82) is 0 Å². The van der Waals surface area contributed by atoms with Gasteiger partial charge in [0, 0.05) is 12.3 Å². The van der Waals surface area contributed by atoms with Crippen LogP contribution in [0.5, 0.6) is 0 Å². The third kappa shape index (κ3) is 13.9. The molecule has 4 rings (SSSR count). The van der Waals surface area contributed by atoms with Crippen molar-refractivity contribution in [3.05, 3.63) is 130 Å². The van der Waals surface area contributed by atoms with Crippen LogP contribution in [0, 0.1) is 27.7 Å². The summed E-state index contributed by atoms with van der Waals surface area (Å²) < 4.78 is 6.26. The van der Waals surface area contributed by atoms with E-state index < -0.39 is 16.6 Å². The topological polar surface area (TPSA) is 33.3 Å². The second kappa shape index (κ2) is 17.3. The fourth-order valence-corrected chi connectivity index (χ4v) is 13.1. The van der Waals surface area contributed by atoms with E-state index in [0.29, 0.717) is 0 Å². The Morgan fingerprint density at radius 1 is 0.452 bits per heavy atom. The molecule has 42 heavy (non-hydrogen) atoms. The van der Waals surface area contributed by atoms with Crippen molar-refractivity contribution in [2.24, 2.45) is 0 Å². The summed E-state index contributed by atoms with van der Waals surface area (Å²) in [6.45, 7) is 17.5. The maximum Gasteiger partial charge on any atom is 0.187 e. The van der Waals surface area contributed by atoms with E-state index in [2.05, 4.69) is 162 Å². The molecule has 0 fully saturated rings. The van der Waals surface area contributed by atoms with Crippen molar-refractivity contribution >= 4 is 16.6 Å². The van der Waals surface area contributed by atoms with E-state index in [-0.39, 0.29) is 0 Å². The molecular weight excluding hydrogens is 545 g/mol. The molecule has 0 aliphatic rings. The quantitative estimate of drug-likeness (QED) is 0.189. The summed E-state index contributed by atoms with van der Waals surface area (Å²) in [5.74, 6) is 0. The van der Waals surface area contributed by atoms with E-state index >= 15 is 0 Å². The molecule has 5 heteroatoms. The average molecular weight is 599 g/mol.